The van der Waals surface area contributed by atoms with Crippen molar-refractivity contribution in [2.75, 3.05) is 0 Å². The van der Waals surface area contributed by atoms with Crippen molar-refractivity contribution in [1.29, 1.82) is 0 Å². The molecule has 0 spiro atoms. The summed E-state index contributed by atoms with van der Waals surface area (Å²) in [5.74, 6) is 5.85. The van der Waals surface area contributed by atoms with Crippen molar-refractivity contribution in [1.82, 2.24) is 5.01 Å². The largest absolute Gasteiger partial charge is 0.273 e. The van der Waals surface area contributed by atoms with Crippen LogP contribution in [0.4, 0.5) is 0 Å². The van der Waals surface area contributed by atoms with E-state index in [2.05, 4.69) is 13.8 Å². The Morgan fingerprint density at radius 2 is 1.12 bits per heavy atom. The highest BCUT2D eigenvalue weighted by Crippen LogP contribution is 2.11. The maximum Gasteiger partial charge on any atom is 0.240 e. The molecule has 0 rings (SSSR count). The van der Waals surface area contributed by atoms with Gasteiger partial charge in [0.2, 0.25) is 5.91 Å². The molecule has 0 aromatic carbocycles. The fourth-order valence-corrected chi connectivity index (χ4v) is 3.21. The zero-order valence-corrected chi connectivity index (χ0v) is 17.8. The van der Waals surface area contributed by atoms with E-state index >= 15 is 0 Å². The highest BCUT2D eigenvalue weighted by molar-refractivity contribution is 5.76. The first-order valence-corrected chi connectivity index (χ1v) is 11.5. The lowest BCUT2D eigenvalue weighted by atomic mass is 10.1. The molecule has 3 heteroatoms. The van der Waals surface area contributed by atoms with E-state index in [0.29, 0.717) is 6.42 Å². The third kappa shape index (κ3) is 18.0. The second kappa shape index (κ2) is 20.5. The summed E-state index contributed by atoms with van der Waals surface area (Å²) in [5.41, 5.74) is 0. The normalized spacial score (nSPS) is 11.3. The Balaban J connectivity index is 3.41. The molecule has 0 aromatic heterocycles. The number of allylic oxidation sites excluding steroid dienone is 1. The van der Waals surface area contributed by atoms with Crippen LogP contribution in [0, 0.1) is 0 Å². The third-order valence-corrected chi connectivity index (χ3v) is 5.02. The molecule has 2 N–H and O–H groups in total. The number of nitrogens with zero attached hydrogens (tertiary/aromatic N) is 1. The predicted molar refractivity (Wildman–Crippen MR) is 115 cm³/mol. The molecule has 1 amide bonds. The third-order valence-electron chi connectivity index (χ3n) is 5.02. The zero-order valence-electron chi connectivity index (χ0n) is 17.8. The topological polar surface area (TPSA) is 46.3 Å². The Hall–Kier alpha value is -0.830. The molecule has 0 atom stereocenters. The van der Waals surface area contributed by atoms with Crippen LogP contribution in [0.2, 0.25) is 0 Å². The van der Waals surface area contributed by atoms with Gasteiger partial charge in [-0.05, 0) is 19.3 Å². The van der Waals surface area contributed by atoms with Crippen LogP contribution in [-0.2, 0) is 4.79 Å². The number of unbranched alkanes of at least 4 members (excludes halogenated alkanes) is 15. The first-order valence-electron chi connectivity index (χ1n) is 11.5. The van der Waals surface area contributed by atoms with Crippen LogP contribution in [0.15, 0.2) is 12.3 Å². The minimum Gasteiger partial charge on any atom is -0.273 e. The van der Waals surface area contributed by atoms with Gasteiger partial charge in [-0.3, -0.25) is 9.80 Å². The van der Waals surface area contributed by atoms with Gasteiger partial charge in [-0.1, -0.05) is 110 Å². The van der Waals surface area contributed by atoms with Gasteiger partial charge in [-0.2, -0.15) is 0 Å². The van der Waals surface area contributed by atoms with Gasteiger partial charge < -0.3 is 0 Å². The fraction of sp³-hybridized carbons (Fsp3) is 0.870. The number of carbonyl (C=O) groups excluding carboxylic acids is 1. The summed E-state index contributed by atoms with van der Waals surface area (Å²) in [6, 6.07) is 0. The van der Waals surface area contributed by atoms with Crippen molar-refractivity contribution in [3.63, 3.8) is 0 Å². The van der Waals surface area contributed by atoms with Crippen LogP contribution in [0.25, 0.3) is 0 Å². The summed E-state index contributed by atoms with van der Waals surface area (Å²) in [5, 5.41) is 1.28. The minimum absolute atomic E-state index is 0.0415. The van der Waals surface area contributed by atoms with Gasteiger partial charge in [0.15, 0.2) is 0 Å². The summed E-state index contributed by atoms with van der Waals surface area (Å²) in [6.07, 6.45) is 26.1. The van der Waals surface area contributed by atoms with E-state index in [-0.39, 0.29) is 5.91 Å². The lowest BCUT2D eigenvalue weighted by Gasteiger charge is -2.11. The van der Waals surface area contributed by atoms with Crippen LogP contribution >= 0.6 is 0 Å². The monoisotopic (exact) mass is 366 g/mol. The van der Waals surface area contributed by atoms with Crippen molar-refractivity contribution >= 4 is 5.91 Å². The van der Waals surface area contributed by atoms with Crippen LogP contribution in [0.3, 0.4) is 0 Å². The Kier molecular flexibility index (Phi) is 19.8. The molecular weight excluding hydrogens is 320 g/mol. The summed E-state index contributed by atoms with van der Waals surface area (Å²) in [4.78, 5) is 11.9. The number of nitrogens with two attached hydrogens (primary N) is 1. The smallest absolute Gasteiger partial charge is 0.240 e. The molecule has 0 saturated carbocycles. The van der Waals surface area contributed by atoms with Crippen LogP contribution in [0.5, 0.6) is 0 Å². The molecule has 0 bridgehead atoms. The number of hydrogen-bond acceptors (Lipinski definition) is 2. The summed E-state index contributed by atoms with van der Waals surface area (Å²) >= 11 is 0. The number of hydrogen-bond donors (Lipinski definition) is 1. The fourth-order valence-electron chi connectivity index (χ4n) is 3.21. The second-order valence-corrected chi connectivity index (χ2v) is 7.67. The number of hydrazine groups is 1. The van der Waals surface area contributed by atoms with Gasteiger partial charge >= 0.3 is 0 Å². The molecule has 0 radical (unpaired) electrons. The first-order chi connectivity index (χ1) is 12.7. The van der Waals surface area contributed by atoms with E-state index in [1.54, 1.807) is 6.20 Å². The van der Waals surface area contributed by atoms with Crippen molar-refractivity contribution in [3.8, 4) is 0 Å². The van der Waals surface area contributed by atoms with Gasteiger partial charge in [0.05, 0.1) is 0 Å². The van der Waals surface area contributed by atoms with E-state index in [9.17, 15) is 4.79 Å². The van der Waals surface area contributed by atoms with Crippen molar-refractivity contribution in [2.45, 2.75) is 129 Å². The molecule has 0 aromatic rings. The van der Waals surface area contributed by atoms with Gasteiger partial charge in [-0.25, -0.2) is 5.84 Å². The van der Waals surface area contributed by atoms with Crippen LogP contribution < -0.4 is 5.84 Å². The summed E-state index contributed by atoms with van der Waals surface area (Å²) < 4.78 is 0. The lowest BCUT2D eigenvalue weighted by Crippen LogP contribution is -2.31. The molecule has 154 valence electrons. The Labute approximate surface area is 163 Å². The van der Waals surface area contributed by atoms with E-state index in [1.807, 2.05) is 6.08 Å². The van der Waals surface area contributed by atoms with Gasteiger partial charge in [0, 0.05) is 12.6 Å². The highest BCUT2D eigenvalue weighted by Gasteiger charge is 2.05. The molecular formula is C23H46N2O. The maximum atomic E-state index is 11.9. The minimum atomic E-state index is 0.0415. The average molecular weight is 367 g/mol. The second-order valence-electron chi connectivity index (χ2n) is 7.67. The van der Waals surface area contributed by atoms with Crippen molar-refractivity contribution in [3.05, 3.63) is 12.3 Å². The molecule has 0 aliphatic rings. The SMILES string of the molecule is CCCCCCCCCCCC/C=C/N(N)C(=O)CCCCCCCC. The quantitative estimate of drug-likeness (QED) is 0.113. The Morgan fingerprint density at radius 1 is 0.692 bits per heavy atom. The molecule has 0 aliphatic carbocycles. The molecule has 3 nitrogen and oxygen atoms in total. The molecule has 0 fully saturated rings. The number of carbonyl (C=O) groups is 1. The Morgan fingerprint density at radius 3 is 1.62 bits per heavy atom. The van der Waals surface area contributed by atoms with Crippen molar-refractivity contribution < 1.29 is 4.79 Å². The first kappa shape index (κ1) is 25.2. The molecule has 0 unspecified atom stereocenters. The predicted octanol–water partition coefficient (Wildman–Crippen LogP) is 7.26. The Bertz CT molecular complexity index is 328. The number of amides is 1. The van der Waals surface area contributed by atoms with E-state index in [0.717, 1.165) is 19.3 Å². The van der Waals surface area contributed by atoms with Gasteiger partial charge in [0.25, 0.3) is 0 Å². The van der Waals surface area contributed by atoms with Crippen LogP contribution in [0.1, 0.15) is 129 Å². The van der Waals surface area contributed by atoms with E-state index in [4.69, 9.17) is 5.84 Å². The molecule has 0 heterocycles. The summed E-state index contributed by atoms with van der Waals surface area (Å²) in [6.45, 7) is 4.49. The van der Waals surface area contributed by atoms with Crippen LogP contribution in [-0.4, -0.2) is 10.9 Å². The summed E-state index contributed by atoms with van der Waals surface area (Å²) in [7, 11) is 0. The van der Waals surface area contributed by atoms with E-state index < -0.39 is 0 Å². The average Bonchev–Trinajstić information content (AvgIpc) is 2.65. The molecule has 0 saturated heterocycles. The maximum absolute atomic E-state index is 11.9. The van der Waals surface area contributed by atoms with Crippen molar-refractivity contribution in [2.24, 2.45) is 5.84 Å². The van der Waals surface area contributed by atoms with E-state index in [1.165, 1.54) is 94.9 Å². The highest BCUT2D eigenvalue weighted by atomic mass is 16.2. The van der Waals surface area contributed by atoms with Gasteiger partial charge in [-0.15, -0.1) is 0 Å². The zero-order chi connectivity index (χ0) is 19.3. The number of rotatable bonds is 19. The standard InChI is InChI=1S/C23H46N2O/c1-3-5-7-9-11-12-13-14-15-16-18-20-22-25(24)23(26)21-19-17-10-8-6-4-2/h20,22H,3-19,21,24H2,1-2H3/b22-20+. The van der Waals surface area contributed by atoms with Gasteiger partial charge in [0.1, 0.15) is 0 Å². The lowest BCUT2D eigenvalue weighted by molar-refractivity contribution is -0.129. The molecule has 0 aliphatic heterocycles. The molecule has 26 heavy (non-hydrogen) atoms.